The van der Waals surface area contributed by atoms with E-state index in [-0.39, 0.29) is 0 Å². The third-order valence-electron chi connectivity index (χ3n) is 2.17. The fourth-order valence-corrected chi connectivity index (χ4v) is 1.35. The second-order valence-corrected chi connectivity index (χ2v) is 5.13. The van der Waals surface area contributed by atoms with Gasteiger partial charge in [-0.2, -0.15) is 9.97 Å². The third-order valence-corrected chi connectivity index (χ3v) is 2.17. The van der Waals surface area contributed by atoms with Gasteiger partial charge in [-0.25, -0.2) is 4.79 Å². The summed E-state index contributed by atoms with van der Waals surface area (Å²) in [4.78, 5) is 19.7. The molecule has 1 aromatic heterocycles. The Balaban J connectivity index is 2.40. The van der Waals surface area contributed by atoms with E-state index in [2.05, 4.69) is 20.6 Å². The van der Waals surface area contributed by atoms with Crippen LogP contribution in [0.4, 0.5) is 10.7 Å². The first kappa shape index (κ1) is 16.8. The quantitative estimate of drug-likeness (QED) is 0.767. The van der Waals surface area contributed by atoms with Crippen molar-refractivity contribution in [2.24, 2.45) is 0 Å². The minimum absolute atomic E-state index is 0.359. The topological polar surface area (TPSA) is 94.6 Å². The highest BCUT2D eigenvalue weighted by molar-refractivity contribution is 5.67. The number of ether oxygens (including phenoxy) is 3. The van der Waals surface area contributed by atoms with Crippen molar-refractivity contribution in [3.8, 4) is 11.8 Å². The molecule has 0 unspecified atom stereocenters. The summed E-state index contributed by atoms with van der Waals surface area (Å²) in [5, 5.41) is 5.58. The van der Waals surface area contributed by atoms with Gasteiger partial charge < -0.3 is 24.8 Å². The lowest BCUT2D eigenvalue weighted by Crippen LogP contribution is -2.35. The minimum Gasteiger partial charge on any atom is -0.481 e. The number of carbonyl (C=O) groups excluding carboxylic acids is 1. The number of nitrogens with zero attached hydrogens (tertiary/aromatic N) is 2. The molecule has 0 bridgehead atoms. The SMILES string of the molecule is COc1cc(OC)nc(NCCNC(=O)OC(C)(C)C)n1. The molecule has 21 heavy (non-hydrogen) atoms. The van der Waals surface area contributed by atoms with Gasteiger partial charge in [-0.3, -0.25) is 0 Å². The van der Waals surface area contributed by atoms with Crippen LogP contribution in [-0.4, -0.2) is 49.0 Å². The van der Waals surface area contributed by atoms with Crippen molar-refractivity contribution in [2.75, 3.05) is 32.6 Å². The predicted octanol–water partition coefficient (Wildman–Crippen LogP) is 1.43. The van der Waals surface area contributed by atoms with E-state index in [1.807, 2.05) is 0 Å². The van der Waals surface area contributed by atoms with Crippen LogP contribution in [0.1, 0.15) is 20.8 Å². The van der Waals surface area contributed by atoms with Crippen molar-refractivity contribution in [3.05, 3.63) is 6.07 Å². The van der Waals surface area contributed by atoms with Crippen molar-refractivity contribution in [3.63, 3.8) is 0 Å². The second kappa shape index (κ2) is 7.51. The van der Waals surface area contributed by atoms with E-state index in [9.17, 15) is 4.79 Å². The molecule has 0 saturated carbocycles. The largest absolute Gasteiger partial charge is 0.481 e. The maximum atomic E-state index is 11.4. The summed E-state index contributed by atoms with van der Waals surface area (Å²) < 4.78 is 15.2. The summed E-state index contributed by atoms with van der Waals surface area (Å²) in [6.45, 7) is 6.23. The van der Waals surface area contributed by atoms with E-state index in [1.54, 1.807) is 26.8 Å². The summed E-state index contributed by atoms with van der Waals surface area (Å²) in [7, 11) is 3.02. The highest BCUT2D eigenvalue weighted by atomic mass is 16.6. The zero-order valence-electron chi connectivity index (χ0n) is 13.0. The molecule has 0 aliphatic carbocycles. The van der Waals surface area contributed by atoms with E-state index in [0.29, 0.717) is 30.8 Å². The molecule has 0 fully saturated rings. The van der Waals surface area contributed by atoms with Crippen LogP contribution in [0.15, 0.2) is 6.07 Å². The molecule has 118 valence electrons. The average Bonchev–Trinajstić information content (AvgIpc) is 2.41. The van der Waals surface area contributed by atoms with Crippen LogP contribution in [0, 0.1) is 0 Å². The Kier molecular flexibility index (Phi) is 6.01. The van der Waals surface area contributed by atoms with Gasteiger partial charge in [0, 0.05) is 13.1 Å². The Morgan fingerprint density at radius 1 is 1.14 bits per heavy atom. The number of amides is 1. The van der Waals surface area contributed by atoms with Crippen LogP contribution in [0.25, 0.3) is 0 Å². The van der Waals surface area contributed by atoms with Crippen LogP contribution in [-0.2, 0) is 4.74 Å². The molecule has 8 heteroatoms. The molecular weight excluding hydrogens is 276 g/mol. The number of hydrogen-bond donors (Lipinski definition) is 2. The summed E-state index contributed by atoms with van der Waals surface area (Å²) in [5.41, 5.74) is -0.513. The minimum atomic E-state index is -0.513. The number of alkyl carbamates (subject to hydrolysis) is 1. The highest BCUT2D eigenvalue weighted by Crippen LogP contribution is 2.16. The van der Waals surface area contributed by atoms with Gasteiger partial charge in [0.2, 0.25) is 17.7 Å². The Hall–Kier alpha value is -2.25. The molecular formula is C13H22N4O4. The molecule has 0 spiro atoms. The summed E-state index contributed by atoms with van der Waals surface area (Å²) in [6.07, 6.45) is -0.464. The van der Waals surface area contributed by atoms with Gasteiger partial charge in [0.25, 0.3) is 0 Å². The maximum Gasteiger partial charge on any atom is 0.407 e. The highest BCUT2D eigenvalue weighted by Gasteiger charge is 2.15. The van der Waals surface area contributed by atoms with E-state index in [1.165, 1.54) is 14.2 Å². The lowest BCUT2D eigenvalue weighted by atomic mass is 10.2. The summed E-state index contributed by atoms with van der Waals surface area (Å²) in [5.74, 6) is 1.14. The number of carbonyl (C=O) groups is 1. The number of nitrogens with one attached hydrogen (secondary N) is 2. The molecule has 0 aliphatic rings. The molecule has 1 heterocycles. The standard InChI is InChI=1S/C13H22N4O4/c1-13(2,3)21-12(18)15-7-6-14-11-16-9(19-4)8-10(17-11)20-5/h8H,6-7H2,1-5H3,(H,15,18)(H,14,16,17). The molecule has 0 atom stereocenters. The number of aromatic nitrogens is 2. The van der Waals surface area contributed by atoms with Crippen molar-refractivity contribution in [1.82, 2.24) is 15.3 Å². The van der Waals surface area contributed by atoms with Gasteiger partial charge in [0.05, 0.1) is 20.3 Å². The van der Waals surface area contributed by atoms with E-state index >= 15 is 0 Å². The average molecular weight is 298 g/mol. The van der Waals surface area contributed by atoms with Crippen LogP contribution < -0.4 is 20.1 Å². The van der Waals surface area contributed by atoms with Gasteiger partial charge in [0.1, 0.15) is 5.60 Å². The van der Waals surface area contributed by atoms with Crippen molar-refractivity contribution < 1.29 is 19.0 Å². The fourth-order valence-electron chi connectivity index (χ4n) is 1.35. The molecule has 2 N–H and O–H groups in total. The van der Waals surface area contributed by atoms with Gasteiger partial charge in [-0.05, 0) is 20.8 Å². The van der Waals surface area contributed by atoms with Crippen LogP contribution in [0.3, 0.4) is 0 Å². The summed E-state index contributed by atoms with van der Waals surface area (Å²) in [6, 6.07) is 1.57. The predicted molar refractivity (Wildman–Crippen MR) is 77.9 cm³/mol. The normalized spacial score (nSPS) is 10.7. The second-order valence-electron chi connectivity index (χ2n) is 5.13. The van der Waals surface area contributed by atoms with Gasteiger partial charge in [-0.15, -0.1) is 0 Å². The van der Waals surface area contributed by atoms with Crippen LogP contribution >= 0.6 is 0 Å². The van der Waals surface area contributed by atoms with Gasteiger partial charge >= 0.3 is 6.09 Å². The zero-order valence-corrected chi connectivity index (χ0v) is 13.0. The Bertz CT molecular complexity index is 451. The molecule has 1 aromatic rings. The molecule has 0 aromatic carbocycles. The van der Waals surface area contributed by atoms with E-state index in [4.69, 9.17) is 14.2 Å². The zero-order chi connectivity index (χ0) is 15.9. The number of hydrogen-bond acceptors (Lipinski definition) is 7. The van der Waals surface area contributed by atoms with Crippen molar-refractivity contribution in [1.29, 1.82) is 0 Å². The number of anilines is 1. The Labute approximate surface area is 124 Å². The maximum absolute atomic E-state index is 11.4. The van der Waals surface area contributed by atoms with Crippen LogP contribution in [0.5, 0.6) is 11.8 Å². The Morgan fingerprint density at radius 3 is 2.19 bits per heavy atom. The van der Waals surface area contributed by atoms with Crippen molar-refractivity contribution >= 4 is 12.0 Å². The molecule has 0 aliphatic heterocycles. The van der Waals surface area contributed by atoms with Crippen LogP contribution in [0.2, 0.25) is 0 Å². The number of rotatable bonds is 6. The van der Waals surface area contributed by atoms with Gasteiger partial charge in [-0.1, -0.05) is 0 Å². The third kappa shape index (κ3) is 6.64. The molecule has 1 rings (SSSR count). The lowest BCUT2D eigenvalue weighted by Gasteiger charge is -2.19. The van der Waals surface area contributed by atoms with E-state index < -0.39 is 11.7 Å². The molecule has 8 nitrogen and oxygen atoms in total. The first-order valence-electron chi connectivity index (χ1n) is 6.52. The Morgan fingerprint density at radius 2 is 1.71 bits per heavy atom. The molecule has 0 radical (unpaired) electrons. The first-order valence-corrected chi connectivity index (χ1v) is 6.52. The molecule has 0 saturated heterocycles. The first-order chi connectivity index (χ1) is 9.84. The smallest absolute Gasteiger partial charge is 0.407 e. The lowest BCUT2D eigenvalue weighted by molar-refractivity contribution is 0.0530. The summed E-state index contributed by atoms with van der Waals surface area (Å²) >= 11 is 0. The fraction of sp³-hybridized carbons (Fsp3) is 0.615. The monoisotopic (exact) mass is 298 g/mol. The number of methoxy groups -OCH3 is 2. The van der Waals surface area contributed by atoms with Gasteiger partial charge in [0.15, 0.2) is 0 Å². The molecule has 1 amide bonds. The van der Waals surface area contributed by atoms with Crippen molar-refractivity contribution in [2.45, 2.75) is 26.4 Å². The van der Waals surface area contributed by atoms with E-state index in [0.717, 1.165) is 0 Å².